The van der Waals surface area contributed by atoms with Gasteiger partial charge in [0.05, 0.1) is 11.3 Å². The number of hydrogen-bond donors (Lipinski definition) is 0. The first-order chi connectivity index (χ1) is 10.7. The second-order valence-corrected chi connectivity index (χ2v) is 4.50. The normalized spacial score (nSPS) is 10.8. The second kappa shape index (κ2) is 7.78. The summed E-state index contributed by atoms with van der Waals surface area (Å²) in [6.07, 6.45) is -0.395. The molecule has 0 aliphatic carbocycles. The van der Waals surface area contributed by atoms with E-state index in [0.29, 0.717) is 5.01 Å². The monoisotopic (exact) mass is 321 g/mol. The van der Waals surface area contributed by atoms with Crippen molar-refractivity contribution in [1.82, 2.24) is 5.01 Å². The third-order valence-electron chi connectivity index (χ3n) is 2.60. The Balaban J connectivity index is 3.03. The fraction of sp³-hybridized carbons (Fsp3) is 0.286. The Morgan fingerprint density at radius 2 is 1.83 bits per heavy atom. The van der Waals surface area contributed by atoms with Gasteiger partial charge in [-0.3, -0.25) is 24.5 Å². The number of imide groups is 1. The highest BCUT2D eigenvalue weighted by Crippen LogP contribution is 2.19. The maximum atomic E-state index is 12.2. The van der Waals surface area contributed by atoms with Crippen molar-refractivity contribution in [2.75, 3.05) is 0 Å². The van der Waals surface area contributed by atoms with Crippen LogP contribution in [0.1, 0.15) is 26.3 Å². The van der Waals surface area contributed by atoms with E-state index >= 15 is 0 Å². The van der Waals surface area contributed by atoms with Gasteiger partial charge in [-0.05, 0) is 0 Å². The van der Waals surface area contributed by atoms with E-state index in [1.807, 2.05) is 0 Å². The van der Waals surface area contributed by atoms with Crippen LogP contribution in [0.5, 0.6) is 0 Å². The molecular formula is C14H15N3O6. The van der Waals surface area contributed by atoms with Crippen molar-refractivity contribution >= 4 is 29.4 Å². The third-order valence-corrected chi connectivity index (χ3v) is 2.60. The SMILES string of the molecule is CC(=O)O/C(C)=N/N(C(C)=O)C(=O)Cc1ccccc1[N+](=O)[O-]. The molecule has 0 fully saturated rings. The Morgan fingerprint density at radius 3 is 2.35 bits per heavy atom. The molecule has 9 nitrogen and oxygen atoms in total. The molecule has 0 N–H and O–H groups in total. The summed E-state index contributed by atoms with van der Waals surface area (Å²) in [6.45, 7) is 3.55. The molecule has 1 aromatic carbocycles. The molecule has 0 heterocycles. The number of carbonyl (C=O) groups is 3. The fourth-order valence-corrected chi connectivity index (χ4v) is 1.75. The number of rotatable bonds is 4. The van der Waals surface area contributed by atoms with Crippen LogP contribution >= 0.6 is 0 Å². The highest BCUT2D eigenvalue weighted by molar-refractivity contribution is 5.97. The first-order valence-electron chi connectivity index (χ1n) is 6.51. The van der Waals surface area contributed by atoms with Gasteiger partial charge in [0, 0.05) is 32.4 Å². The van der Waals surface area contributed by atoms with Crippen LogP contribution in [0, 0.1) is 10.1 Å². The van der Waals surface area contributed by atoms with Crippen molar-refractivity contribution in [3.63, 3.8) is 0 Å². The Hall–Kier alpha value is -3.10. The summed E-state index contributed by atoms with van der Waals surface area (Å²) < 4.78 is 4.65. The average molecular weight is 321 g/mol. The van der Waals surface area contributed by atoms with Gasteiger partial charge in [-0.25, -0.2) is 0 Å². The number of para-hydroxylation sites is 1. The second-order valence-electron chi connectivity index (χ2n) is 4.50. The van der Waals surface area contributed by atoms with Crippen LogP contribution in [0.3, 0.4) is 0 Å². The van der Waals surface area contributed by atoms with Gasteiger partial charge in [0.2, 0.25) is 11.8 Å². The molecule has 1 aromatic rings. The third kappa shape index (κ3) is 5.30. The van der Waals surface area contributed by atoms with Crippen molar-refractivity contribution in [1.29, 1.82) is 0 Å². The smallest absolute Gasteiger partial charge is 0.309 e. The van der Waals surface area contributed by atoms with Gasteiger partial charge in [0.25, 0.3) is 11.6 Å². The highest BCUT2D eigenvalue weighted by atomic mass is 16.6. The topological polar surface area (TPSA) is 119 Å². The molecule has 0 unspecified atom stereocenters. The lowest BCUT2D eigenvalue weighted by Crippen LogP contribution is -2.33. The molecule has 1 rings (SSSR count). The van der Waals surface area contributed by atoms with E-state index in [1.54, 1.807) is 6.07 Å². The number of hydrazone groups is 1. The Bertz CT molecular complexity index is 683. The number of hydrogen-bond acceptors (Lipinski definition) is 7. The van der Waals surface area contributed by atoms with Gasteiger partial charge in [-0.2, -0.15) is 5.01 Å². The number of nitrogens with zero attached hydrogens (tertiary/aromatic N) is 3. The first-order valence-corrected chi connectivity index (χ1v) is 6.51. The Labute approximate surface area is 131 Å². The summed E-state index contributed by atoms with van der Waals surface area (Å²) >= 11 is 0. The van der Waals surface area contributed by atoms with Gasteiger partial charge >= 0.3 is 5.97 Å². The summed E-state index contributed by atoms with van der Waals surface area (Å²) in [5.74, 6) is -2.33. The lowest BCUT2D eigenvalue weighted by molar-refractivity contribution is -0.385. The standard InChI is InChI=1S/C14H15N3O6/c1-9(23-11(3)19)15-16(10(2)18)14(20)8-12-6-4-5-7-13(12)17(21)22/h4-7H,8H2,1-3H3/b15-9+. The predicted octanol–water partition coefficient (Wildman–Crippen LogP) is 1.41. The average Bonchev–Trinajstić information content (AvgIpc) is 2.43. The number of nitro benzene ring substituents is 1. The van der Waals surface area contributed by atoms with Crippen molar-refractivity contribution < 1.29 is 24.0 Å². The van der Waals surface area contributed by atoms with Gasteiger partial charge in [0.15, 0.2) is 0 Å². The van der Waals surface area contributed by atoms with Crippen LogP contribution in [0.15, 0.2) is 29.4 Å². The lowest BCUT2D eigenvalue weighted by atomic mass is 10.1. The molecule has 0 radical (unpaired) electrons. The van der Waals surface area contributed by atoms with Crippen molar-refractivity contribution in [2.24, 2.45) is 5.10 Å². The number of carbonyl (C=O) groups excluding carboxylic acids is 3. The van der Waals surface area contributed by atoms with E-state index in [9.17, 15) is 24.5 Å². The summed E-state index contributed by atoms with van der Waals surface area (Å²) in [5.41, 5.74) is -0.0841. The van der Waals surface area contributed by atoms with E-state index in [2.05, 4.69) is 9.84 Å². The molecular weight excluding hydrogens is 306 g/mol. The fourth-order valence-electron chi connectivity index (χ4n) is 1.75. The van der Waals surface area contributed by atoms with E-state index in [4.69, 9.17) is 0 Å². The van der Waals surface area contributed by atoms with Crippen molar-refractivity contribution in [3.05, 3.63) is 39.9 Å². The minimum absolute atomic E-state index is 0.147. The van der Waals surface area contributed by atoms with Gasteiger partial charge in [-0.15, -0.1) is 5.10 Å². The summed E-state index contributed by atoms with van der Waals surface area (Å²) in [5, 5.41) is 15.1. The van der Waals surface area contributed by atoms with Crippen molar-refractivity contribution in [2.45, 2.75) is 27.2 Å². The minimum Gasteiger partial charge on any atom is -0.410 e. The number of nitro groups is 1. The zero-order chi connectivity index (χ0) is 17.6. The Morgan fingerprint density at radius 1 is 1.22 bits per heavy atom. The van der Waals surface area contributed by atoms with Crippen LogP contribution in [-0.2, 0) is 25.5 Å². The molecule has 0 spiro atoms. The van der Waals surface area contributed by atoms with E-state index < -0.39 is 29.1 Å². The minimum atomic E-state index is -0.779. The molecule has 23 heavy (non-hydrogen) atoms. The summed E-state index contributed by atoms with van der Waals surface area (Å²) in [6, 6.07) is 5.68. The zero-order valence-corrected chi connectivity index (χ0v) is 12.8. The van der Waals surface area contributed by atoms with Crippen molar-refractivity contribution in [3.8, 4) is 0 Å². The molecule has 0 saturated heterocycles. The largest absolute Gasteiger partial charge is 0.410 e. The number of benzene rings is 1. The molecule has 0 bridgehead atoms. The summed E-state index contributed by atoms with van der Waals surface area (Å²) in [4.78, 5) is 44.9. The molecule has 0 atom stereocenters. The molecule has 122 valence electrons. The maximum absolute atomic E-state index is 12.2. The molecule has 9 heteroatoms. The zero-order valence-electron chi connectivity index (χ0n) is 12.8. The molecule has 0 aliphatic rings. The number of esters is 1. The van der Waals surface area contributed by atoms with E-state index in [-0.39, 0.29) is 17.1 Å². The van der Waals surface area contributed by atoms with Crippen LogP contribution < -0.4 is 0 Å². The number of amides is 2. The maximum Gasteiger partial charge on any atom is 0.309 e. The highest BCUT2D eigenvalue weighted by Gasteiger charge is 2.22. The summed E-state index contributed by atoms with van der Waals surface area (Å²) in [7, 11) is 0. The molecule has 0 saturated carbocycles. The van der Waals surface area contributed by atoms with Gasteiger partial charge in [-0.1, -0.05) is 18.2 Å². The van der Waals surface area contributed by atoms with Crippen LogP contribution in [0.25, 0.3) is 0 Å². The van der Waals surface area contributed by atoms with E-state index in [0.717, 1.165) is 13.8 Å². The van der Waals surface area contributed by atoms with E-state index in [1.165, 1.54) is 25.1 Å². The molecule has 2 amide bonds. The number of ether oxygens (including phenoxy) is 1. The lowest BCUT2D eigenvalue weighted by Gasteiger charge is -2.14. The quantitative estimate of drug-likeness (QED) is 0.272. The van der Waals surface area contributed by atoms with Crippen LogP contribution in [0.2, 0.25) is 0 Å². The van der Waals surface area contributed by atoms with Gasteiger partial charge < -0.3 is 4.74 Å². The van der Waals surface area contributed by atoms with Crippen LogP contribution in [0.4, 0.5) is 5.69 Å². The molecule has 0 aromatic heterocycles. The first kappa shape index (κ1) is 18.0. The van der Waals surface area contributed by atoms with Gasteiger partial charge in [0.1, 0.15) is 0 Å². The molecule has 0 aliphatic heterocycles. The van der Waals surface area contributed by atoms with Crippen LogP contribution in [-0.4, -0.2) is 33.6 Å². The predicted molar refractivity (Wildman–Crippen MR) is 79.2 cm³/mol. The Kier molecular flexibility index (Phi) is 6.07.